The second-order valence-corrected chi connectivity index (χ2v) is 6.43. The maximum Gasteiger partial charge on any atom is 0.255 e. The van der Waals surface area contributed by atoms with Gasteiger partial charge in [-0.3, -0.25) is 9.69 Å². The van der Waals surface area contributed by atoms with Gasteiger partial charge < -0.3 is 10.3 Å². The number of nitrogens with zero attached hydrogens (tertiary/aromatic N) is 2. The lowest BCUT2D eigenvalue weighted by Gasteiger charge is -2.34. The minimum Gasteiger partial charge on any atom is -0.326 e. The predicted molar refractivity (Wildman–Crippen MR) is 85.4 cm³/mol. The third kappa shape index (κ3) is 2.79. The lowest BCUT2D eigenvalue weighted by atomic mass is 9.93. The van der Waals surface area contributed by atoms with Crippen molar-refractivity contribution in [3.05, 3.63) is 33.2 Å². The number of rotatable bonds is 3. The fraction of sp³-hybridized carbons (Fsp3) is 0.706. The van der Waals surface area contributed by atoms with Gasteiger partial charge in [0.25, 0.3) is 5.56 Å². The van der Waals surface area contributed by atoms with E-state index in [1.807, 2.05) is 0 Å². The molecule has 0 spiro atoms. The summed E-state index contributed by atoms with van der Waals surface area (Å²) in [5.41, 5.74) is 9.40. The summed E-state index contributed by atoms with van der Waals surface area (Å²) in [5.74, 6) is 0. The van der Waals surface area contributed by atoms with Crippen LogP contribution in [0.15, 0.2) is 10.9 Å². The van der Waals surface area contributed by atoms with Gasteiger partial charge in [0.05, 0.1) is 0 Å². The van der Waals surface area contributed by atoms with Crippen molar-refractivity contribution in [3.63, 3.8) is 0 Å². The highest BCUT2D eigenvalue weighted by Crippen LogP contribution is 2.30. The molecule has 116 valence electrons. The minimum absolute atomic E-state index is 0.174. The molecule has 0 atom stereocenters. The molecule has 0 bridgehead atoms. The minimum atomic E-state index is 0.174. The number of likely N-dealkylation sites (N-methyl/N-ethyl adjacent to an activating group) is 1. The average molecular weight is 289 g/mol. The first-order valence-corrected chi connectivity index (χ1v) is 8.43. The Morgan fingerprint density at radius 1 is 1.29 bits per heavy atom. The second kappa shape index (κ2) is 6.32. The van der Waals surface area contributed by atoms with Crippen LogP contribution >= 0.6 is 0 Å². The van der Waals surface area contributed by atoms with Gasteiger partial charge in [0.2, 0.25) is 0 Å². The van der Waals surface area contributed by atoms with Crippen LogP contribution in [0.3, 0.4) is 0 Å². The second-order valence-electron chi connectivity index (χ2n) is 6.43. The van der Waals surface area contributed by atoms with E-state index in [1.54, 1.807) is 0 Å². The molecule has 0 aromatic carbocycles. The van der Waals surface area contributed by atoms with E-state index in [1.165, 1.54) is 30.5 Å². The van der Waals surface area contributed by atoms with E-state index in [-0.39, 0.29) is 5.56 Å². The van der Waals surface area contributed by atoms with E-state index in [9.17, 15) is 4.79 Å². The Hall–Kier alpha value is -1.13. The number of pyridine rings is 1. The number of aromatic nitrogens is 1. The Morgan fingerprint density at radius 2 is 2.05 bits per heavy atom. The topological polar surface area (TPSA) is 51.3 Å². The molecule has 1 aliphatic heterocycles. The molecule has 1 aromatic rings. The summed E-state index contributed by atoms with van der Waals surface area (Å²) >= 11 is 0. The zero-order chi connectivity index (χ0) is 14.8. The van der Waals surface area contributed by atoms with Crippen LogP contribution in [0.2, 0.25) is 0 Å². The highest BCUT2D eigenvalue weighted by Gasteiger charge is 2.25. The molecule has 1 aromatic heterocycles. The summed E-state index contributed by atoms with van der Waals surface area (Å²) in [4.78, 5) is 15.2. The zero-order valence-electron chi connectivity index (χ0n) is 13.1. The Morgan fingerprint density at radius 3 is 2.71 bits per heavy atom. The highest BCUT2D eigenvalue weighted by atomic mass is 16.1. The largest absolute Gasteiger partial charge is 0.326 e. The molecular formula is C17H27N3O. The van der Waals surface area contributed by atoms with Gasteiger partial charge in [-0.05, 0) is 31.0 Å². The summed E-state index contributed by atoms with van der Waals surface area (Å²) < 4.78 is 2.13. The third-order valence-corrected chi connectivity index (χ3v) is 5.17. The van der Waals surface area contributed by atoms with Crippen molar-refractivity contribution in [1.29, 1.82) is 0 Å². The Labute approximate surface area is 126 Å². The van der Waals surface area contributed by atoms with Crippen LogP contribution in [-0.4, -0.2) is 22.6 Å². The third-order valence-electron chi connectivity index (χ3n) is 5.17. The number of hydrogen-bond donors (Lipinski definition) is 1. The Kier molecular flexibility index (Phi) is 4.45. The molecule has 2 aliphatic rings. The van der Waals surface area contributed by atoms with Gasteiger partial charge in [-0.15, -0.1) is 0 Å². The number of hydrogen-bond acceptors (Lipinski definition) is 3. The van der Waals surface area contributed by atoms with Gasteiger partial charge in [-0.1, -0.05) is 26.2 Å². The van der Waals surface area contributed by atoms with Crippen LogP contribution in [0.5, 0.6) is 0 Å². The smallest absolute Gasteiger partial charge is 0.255 e. The van der Waals surface area contributed by atoms with Crippen molar-refractivity contribution >= 4 is 0 Å². The van der Waals surface area contributed by atoms with E-state index in [2.05, 4.69) is 22.5 Å². The lowest BCUT2D eigenvalue weighted by molar-refractivity contribution is 0.252. The van der Waals surface area contributed by atoms with Crippen molar-refractivity contribution in [2.75, 3.05) is 13.1 Å². The fourth-order valence-corrected chi connectivity index (χ4v) is 3.93. The van der Waals surface area contributed by atoms with Crippen molar-refractivity contribution in [1.82, 2.24) is 9.47 Å². The summed E-state index contributed by atoms with van der Waals surface area (Å²) in [7, 11) is 0. The molecule has 4 heteroatoms. The molecule has 0 saturated heterocycles. The van der Waals surface area contributed by atoms with Crippen LogP contribution in [-0.2, 0) is 19.5 Å². The van der Waals surface area contributed by atoms with E-state index in [0.717, 1.165) is 44.5 Å². The average Bonchev–Trinajstić information content (AvgIpc) is 2.54. The lowest BCUT2D eigenvalue weighted by Crippen LogP contribution is -2.39. The molecular weight excluding hydrogens is 262 g/mol. The summed E-state index contributed by atoms with van der Waals surface area (Å²) in [5, 5.41) is 0. The number of fused-ring (bicyclic) bond motifs is 1. The van der Waals surface area contributed by atoms with Gasteiger partial charge in [-0.25, -0.2) is 0 Å². The maximum atomic E-state index is 12.8. The van der Waals surface area contributed by atoms with Crippen molar-refractivity contribution in [2.45, 2.75) is 64.6 Å². The molecule has 2 heterocycles. The normalized spacial score (nSPS) is 20.5. The van der Waals surface area contributed by atoms with Crippen molar-refractivity contribution in [2.24, 2.45) is 5.73 Å². The number of nitrogens with two attached hydrogens (primary N) is 1. The molecule has 0 unspecified atom stereocenters. The quantitative estimate of drug-likeness (QED) is 0.928. The summed E-state index contributed by atoms with van der Waals surface area (Å²) in [6.45, 7) is 5.65. The van der Waals surface area contributed by atoms with E-state index < -0.39 is 0 Å². The van der Waals surface area contributed by atoms with Gasteiger partial charge in [0.1, 0.15) is 0 Å². The van der Waals surface area contributed by atoms with Crippen molar-refractivity contribution in [3.8, 4) is 0 Å². The van der Waals surface area contributed by atoms with Gasteiger partial charge in [0.15, 0.2) is 0 Å². The van der Waals surface area contributed by atoms with E-state index in [0.29, 0.717) is 12.6 Å². The monoisotopic (exact) mass is 289 g/mol. The Balaban J connectivity index is 2.06. The van der Waals surface area contributed by atoms with Gasteiger partial charge in [-0.2, -0.15) is 0 Å². The van der Waals surface area contributed by atoms with Crippen LogP contribution in [0, 0.1) is 0 Å². The highest BCUT2D eigenvalue weighted by molar-refractivity contribution is 5.29. The molecule has 2 N–H and O–H groups in total. The molecule has 3 rings (SSSR count). The predicted octanol–water partition coefficient (Wildman–Crippen LogP) is 2.19. The van der Waals surface area contributed by atoms with Crippen LogP contribution in [0.4, 0.5) is 0 Å². The summed E-state index contributed by atoms with van der Waals surface area (Å²) in [6, 6.07) is 2.47. The zero-order valence-corrected chi connectivity index (χ0v) is 13.1. The SMILES string of the molecule is CCN1CCc2c(cc(CN)c(=O)n2C2CCCCC2)C1. The first-order valence-electron chi connectivity index (χ1n) is 8.43. The first-order chi connectivity index (χ1) is 10.2. The molecule has 0 amide bonds. The summed E-state index contributed by atoms with van der Waals surface area (Å²) in [6.07, 6.45) is 7.11. The molecule has 0 radical (unpaired) electrons. The molecule has 1 saturated carbocycles. The van der Waals surface area contributed by atoms with Crippen molar-refractivity contribution < 1.29 is 0 Å². The molecule has 4 nitrogen and oxygen atoms in total. The standard InChI is InChI=1S/C17H27N3O/c1-2-19-9-8-16-14(12-19)10-13(11-18)17(21)20(16)15-6-4-3-5-7-15/h10,15H,2-9,11-12,18H2,1H3. The molecule has 1 fully saturated rings. The van der Waals surface area contributed by atoms with Crippen LogP contribution < -0.4 is 11.3 Å². The van der Waals surface area contributed by atoms with E-state index in [4.69, 9.17) is 5.73 Å². The van der Waals surface area contributed by atoms with E-state index >= 15 is 0 Å². The first kappa shape index (κ1) is 14.8. The fourth-order valence-electron chi connectivity index (χ4n) is 3.93. The molecule has 1 aliphatic carbocycles. The molecule has 21 heavy (non-hydrogen) atoms. The van der Waals surface area contributed by atoms with Gasteiger partial charge >= 0.3 is 0 Å². The van der Waals surface area contributed by atoms with Gasteiger partial charge in [0, 0.05) is 43.4 Å². The maximum absolute atomic E-state index is 12.8. The van der Waals surface area contributed by atoms with Crippen LogP contribution in [0.1, 0.15) is 61.9 Å². The van der Waals surface area contributed by atoms with Crippen LogP contribution in [0.25, 0.3) is 0 Å². The Bertz CT molecular complexity index is 558.